The van der Waals surface area contributed by atoms with Gasteiger partial charge in [-0.05, 0) is 81.6 Å². The molecule has 7 aromatic rings. The Morgan fingerprint density at radius 1 is 0.440 bits per heavy atom. The van der Waals surface area contributed by atoms with Crippen molar-refractivity contribution in [2.45, 2.75) is 37.5 Å². The van der Waals surface area contributed by atoms with Gasteiger partial charge in [-0.2, -0.15) is 5.26 Å². The van der Waals surface area contributed by atoms with Crippen molar-refractivity contribution < 1.29 is 0 Å². The quantitative estimate of drug-likeness (QED) is 0.188. The fourth-order valence-electron chi connectivity index (χ4n) is 8.20. The molecule has 3 heteroatoms. The van der Waals surface area contributed by atoms with Crippen molar-refractivity contribution in [2.75, 3.05) is 0 Å². The second-order valence-electron chi connectivity index (χ2n) is 13.6. The van der Waals surface area contributed by atoms with Crippen LogP contribution in [0.4, 0.5) is 0 Å². The molecule has 50 heavy (non-hydrogen) atoms. The van der Waals surface area contributed by atoms with Crippen molar-refractivity contribution in [3.63, 3.8) is 0 Å². The standard InChI is InChI=1S/C47H35N3/c48-31-32-14-25-42-41(28-32)40-24-23-39(29-43(40)47(42)26-8-3-9-27-47)35-17-21-37(22-18-35)45-30-44(49-46(50-45)38-12-6-2-7-13-38)36-19-15-34(16-20-36)33-10-4-1-5-11-33/h1-2,4-7,10-25,28-30H,3,8-9,26-27H2. The molecule has 0 N–H and O–H groups in total. The summed E-state index contributed by atoms with van der Waals surface area (Å²) in [5.74, 6) is 0.713. The van der Waals surface area contributed by atoms with E-state index in [0.29, 0.717) is 5.82 Å². The molecule has 6 aromatic carbocycles. The van der Waals surface area contributed by atoms with Crippen LogP contribution in [-0.4, -0.2) is 9.97 Å². The van der Waals surface area contributed by atoms with Crippen LogP contribution in [0.3, 0.4) is 0 Å². The van der Waals surface area contributed by atoms with Crippen molar-refractivity contribution in [1.82, 2.24) is 9.97 Å². The minimum Gasteiger partial charge on any atom is -0.228 e. The lowest BCUT2D eigenvalue weighted by Gasteiger charge is -2.36. The van der Waals surface area contributed by atoms with E-state index in [2.05, 4.69) is 127 Å². The fraction of sp³-hybridized carbons (Fsp3) is 0.128. The topological polar surface area (TPSA) is 49.6 Å². The van der Waals surface area contributed by atoms with Crippen LogP contribution in [0.1, 0.15) is 48.8 Å². The third kappa shape index (κ3) is 5.21. The summed E-state index contributed by atoms with van der Waals surface area (Å²) in [5, 5.41) is 9.65. The number of benzene rings is 6. The van der Waals surface area contributed by atoms with Gasteiger partial charge in [-0.15, -0.1) is 0 Å². The molecule has 0 unspecified atom stereocenters. The Hall–Kier alpha value is -6.11. The molecule has 1 fully saturated rings. The molecule has 3 nitrogen and oxygen atoms in total. The van der Waals surface area contributed by atoms with Crippen molar-refractivity contribution in [2.24, 2.45) is 0 Å². The SMILES string of the molecule is N#Cc1ccc2c(c1)-c1ccc(-c3ccc(-c4cc(-c5ccc(-c6ccccc6)cc5)nc(-c5ccccc5)n4)cc3)cc1C21CCCCC1. The van der Waals surface area contributed by atoms with Gasteiger partial charge >= 0.3 is 0 Å². The highest BCUT2D eigenvalue weighted by Gasteiger charge is 2.43. The first-order chi connectivity index (χ1) is 24.7. The zero-order valence-corrected chi connectivity index (χ0v) is 27.8. The van der Waals surface area contributed by atoms with E-state index < -0.39 is 0 Å². The summed E-state index contributed by atoms with van der Waals surface area (Å²) >= 11 is 0. The highest BCUT2D eigenvalue weighted by Crippen LogP contribution is 2.56. The van der Waals surface area contributed by atoms with Crippen LogP contribution in [0.2, 0.25) is 0 Å². The van der Waals surface area contributed by atoms with Gasteiger partial charge in [-0.3, -0.25) is 0 Å². The van der Waals surface area contributed by atoms with Crippen LogP contribution in [0.25, 0.3) is 67.3 Å². The second-order valence-corrected chi connectivity index (χ2v) is 13.6. The number of rotatable bonds is 5. The molecule has 1 heterocycles. The maximum atomic E-state index is 9.65. The zero-order chi connectivity index (χ0) is 33.5. The molecular weight excluding hydrogens is 607 g/mol. The molecule has 0 bridgehead atoms. The van der Waals surface area contributed by atoms with Gasteiger partial charge < -0.3 is 0 Å². The van der Waals surface area contributed by atoms with Crippen molar-refractivity contribution in [3.05, 3.63) is 168 Å². The Morgan fingerprint density at radius 2 is 0.980 bits per heavy atom. The molecule has 1 saturated carbocycles. The van der Waals surface area contributed by atoms with E-state index in [1.807, 2.05) is 30.3 Å². The van der Waals surface area contributed by atoms with Gasteiger partial charge in [0.05, 0.1) is 23.0 Å². The Bertz CT molecular complexity index is 2380. The summed E-state index contributed by atoms with van der Waals surface area (Å²) in [6.07, 6.45) is 6.09. The van der Waals surface area contributed by atoms with Gasteiger partial charge in [0.25, 0.3) is 0 Å². The van der Waals surface area contributed by atoms with E-state index in [-0.39, 0.29) is 5.41 Å². The van der Waals surface area contributed by atoms with Gasteiger partial charge in [0.2, 0.25) is 0 Å². The van der Waals surface area contributed by atoms with Crippen LogP contribution < -0.4 is 0 Å². The van der Waals surface area contributed by atoms with E-state index in [1.54, 1.807) is 0 Å². The minimum atomic E-state index is 0.0390. The average Bonchev–Trinajstić information content (AvgIpc) is 3.46. The van der Waals surface area contributed by atoms with Gasteiger partial charge in [0, 0.05) is 22.1 Å². The van der Waals surface area contributed by atoms with Crippen molar-refractivity contribution in [3.8, 4) is 73.4 Å². The predicted molar refractivity (Wildman–Crippen MR) is 203 cm³/mol. The highest BCUT2D eigenvalue weighted by atomic mass is 14.9. The van der Waals surface area contributed by atoms with E-state index in [4.69, 9.17) is 9.97 Å². The van der Waals surface area contributed by atoms with E-state index in [1.165, 1.54) is 63.8 Å². The molecule has 0 amide bonds. The number of hydrogen-bond acceptors (Lipinski definition) is 3. The van der Waals surface area contributed by atoms with Gasteiger partial charge in [0.15, 0.2) is 5.82 Å². The van der Waals surface area contributed by atoms with Gasteiger partial charge in [0.1, 0.15) is 0 Å². The Labute approximate surface area is 293 Å². The molecule has 9 rings (SSSR count). The Morgan fingerprint density at radius 3 is 1.60 bits per heavy atom. The van der Waals surface area contributed by atoms with Gasteiger partial charge in [-0.25, -0.2) is 9.97 Å². The van der Waals surface area contributed by atoms with Crippen molar-refractivity contribution in [1.29, 1.82) is 5.26 Å². The summed E-state index contributed by atoms with van der Waals surface area (Å²) in [7, 11) is 0. The number of nitrogens with zero attached hydrogens (tertiary/aromatic N) is 3. The summed E-state index contributed by atoms with van der Waals surface area (Å²) in [6, 6.07) is 55.9. The largest absolute Gasteiger partial charge is 0.228 e. The molecule has 0 saturated heterocycles. The predicted octanol–water partition coefficient (Wildman–Crippen LogP) is 11.9. The van der Waals surface area contributed by atoms with E-state index in [0.717, 1.165) is 46.5 Å². The van der Waals surface area contributed by atoms with Crippen LogP contribution >= 0.6 is 0 Å². The van der Waals surface area contributed by atoms with E-state index >= 15 is 0 Å². The average molecular weight is 642 g/mol. The molecule has 1 aromatic heterocycles. The third-order valence-electron chi connectivity index (χ3n) is 10.8. The second kappa shape index (κ2) is 12.4. The molecule has 1 spiro atoms. The van der Waals surface area contributed by atoms with Crippen LogP contribution in [0.5, 0.6) is 0 Å². The molecule has 2 aliphatic carbocycles. The number of aromatic nitrogens is 2. The lowest BCUT2D eigenvalue weighted by atomic mass is 9.67. The minimum absolute atomic E-state index is 0.0390. The van der Waals surface area contributed by atoms with Crippen molar-refractivity contribution >= 4 is 0 Å². The molecular formula is C47H35N3. The molecule has 238 valence electrons. The third-order valence-corrected chi connectivity index (χ3v) is 10.8. The number of nitriles is 1. The lowest BCUT2D eigenvalue weighted by Crippen LogP contribution is -2.28. The fourth-order valence-corrected chi connectivity index (χ4v) is 8.20. The Balaban J connectivity index is 1.08. The first-order valence-electron chi connectivity index (χ1n) is 17.6. The summed E-state index contributed by atoms with van der Waals surface area (Å²) in [4.78, 5) is 10.1. The maximum Gasteiger partial charge on any atom is 0.160 e. The van der Waals surface area contributed by atoms with Crippen LogP contribution in [0, 0.1) is 11.3 Å². The molecule has 2 aliphatic rings. The van der Waals surface area contributed by atoms with Crippen LogP contribution in [0.15, 0.2) is 152 Å². The molecule has 0 atom stereocenters. The molecule has 0 aliphatic heterocycles. The van der Waals surface area contributed by atoms with E-state index in [9.17, 15) is 5.26 Å². The lowest BCUT2D eigenvalue weighted by molar-refractivity contribution is 0.353. The molecule has 0 radical (unpaired) electrons. The monoisotopic (exact) mass is 641 g/mol. The maximum absolute atomic E-state index is 9.65. The summed E-state index contributed by atoms with van der Waals surface area (Å²) in [6.45, 7) is 0. The highest BCUT2D eigenvalue weighted by molar-refractivity contribution is 5.85. The number of fused-ring (bicyclic) bond motifs is 5. The number of hydrogen-bond donors (Lipinski definition) is 0. The first-order valence-corrected chi connectivity index (χ1v) is 17.6. The summed E-state index contributed by atoms with van der Waals surface area (Å²) in [5.41, 5.74) is 15.8. The summed E-state index contributed by atoms with van der Waals surface area (Å²) < 4.78 is 0. The zero-order valence-electron chi connectivity index (χ0n) is 27.8. The van der Waals surface area contributed by atoms with Crippen LogP contribution in [-0.2, 0) is 5.41 Å². The Kier molecular flexibility index (Phi) is 7.44. The van der Waals surface area contributed by atoms with Gasteiger partial charge in [-0.1, -0.05) is 147 Å². The normalized spacial score (nSPS) is 14.1. The first kappa shape index (κ1) is 30.0. The smallest absolute Gasteiger partial charge is 0.160 e.